The third-order valence-corrected chi connectivity index (χ3v) is 7.57. The molecule has 0 radical (unpaired) electrons. The van der Waals surface area contributed by atoms with Crippen LogP contribution >= 0.6 is 0 Å². The lowest BCUT2D eigenvalue weighted by molar-refractivity contribution is -0.163. The average molecular weight is 479 g/mol. The number of phenolic OH excluding ortho intramolecular Hbond substituents is 1. The fourth-order valence-corrected chi connectivity index (χ4v) is 5.85. The molecule has 11 heteroatoms. The van der Waals surface area contributed by atoms with Crippen molar-refractivity contribution in [1.29, 1.82) is 0 Å². The van der Waals surface area contributed by atoms with E-state index in [4.69, 9.17) is 30.3 Å². The van der Waals surface area contributed by atoms with Crippen molar-refractivity contribution in [1.82, 2.24) is 4.90 Å². The summed E-state index contributed by atoms with van der Waals surface area (Å²) in [5, 5.41) is 63.8. The number of benzene rings is 1. The number of aliphatic hydroxyl groups is 5. The Bertz CT molecular complexity index is 998. The van der Waals surface area contributed by atoms with Crippen LogP contribution in [0.4, 0.5) is 0 Å². The first-order valence-electron chi connectivity index (χ1n) is 11.0. The van der Waals surface area contributed by atoms with Gasteiger partial charge in [0.25, 0.3) is 0 Å². The van der Waals surface area contributed by atoms with Gasteiger partial charge in [-0.15, -0.1) is 0 Å². The number of aliphatic carboxylic acids is 1. The summed E-state index contributed by atoms with van der Waals surface area (Å²) in [4.78, 5) is 22.4. The second kappa shape index (κ2) is 8.91. The van der Waals surface area contributed by atoms with E-state index >= 15 is 0 Å². The highest BCUT2D eigenvalue weighted by Gasteiger charge is 2.64. The molecule has 0 aromatic heterocycles. The van der Waals surface area contributed by atoms with Crippen LogP contribution in [0.5, 0.6) is 11.5 Å². The van der Waals surface area contributed by atoms with Gasteiger partial charge in [0.1, 0.15) is 30.5 Å². The number of nitrogens with zero attached hydrogens (tertiary/aromatic N) is 1. The number of hydrogen-bond donors (Lipinski definition) is 7. The van der Waals surface area contributed by atoms with Crippen molar-refractivity contribution in [2.75, 3.05) is 13.6 Å². The Kier molecular flexibility index (Phi) is 6.44. The molecule has 5 rings (SSSR count). The number of aromatic hydroxyl groups is 1. The molecular formula is C23H29NO10. The smallest absolute Gasteiger partial charge is 0.335 e. The predicted octanol–water partition coefficient (Wildman–Crippen LogP) is -2.09. The molecule has 2 aliphatic heterocycles. The maximum atomic E-state index is 10.4. The highest BCUT2D eigenvalue weighted by molar-refractivity contribution is 5.73. The van der Waals surface area contributed by atoms with Gasteiger partial charge in [-0.2, -0.15) is 0 Å². The second-order valence-electron chi connectivity index (χ2n) is 9.32. The molecule has 34 heavy (non-hydrogen) atoms. The van der Waals surface area contributed by atoms with Gasteiger partial charge in [-0.3, -0.25) is 0 Å². The summed E-state index contributed by atoms with van der Waals surface area (Å²) in [7, 11) is 2.19. The zero-order chi connectivity index (χ0) is 24.9. The zero-order valence-electron chi connectivity index (χ0n) is 18.4. The monoisotopic (exact) mass is 479 g/mol. The Balaban J connectivity index is 0.000000185. The molecule has 1 aromatic rings. The van der Waals surface area contributed by atoms with Crippen molar-refractivity contribution in [3.05, 3.63) is 35.4 Å². The van der Waals surface area contributed by atoms with E-state index < -0.39 is 36.5 Å². The standard InChI is InChI=1S/C17H19NO3.C6H10O7/c1-18-7-6-17-10-3-5-13(20)16(17)21-15-12(19)4-2-9(14(15)17)8-11(10)18;7-1-2(8)3(9)4(10)5(11)6(12)13/h2-5,10-11,13,16,19-20H,6-8H2,1H3;1-5,8-11H,(H,12,13)/t10-,11+,13-,16-,17-;2-,3+,4-,5-/m00/s1. The van der Waals surface area contributed by atoms with Crippen molar-refractivity contribution >= 4 is 12.3 Å². The lowest BCUT2D eigenvalue weighted by Crippen LogP contribution is -2.64. The van der Waals surface area contributed by atoms with Crippen LogP contribution in [0.25, 0.3) is 0 Å². The number of carbonyl (C=O) groups is 2. The van der Waals surface area contributed by atoms with Crippen molar-refractivity contribution in [2.24, 2.45) is 5.92 Å². The maximum Gasteiger partial charge on any atom is 0.335 e. The first-order valence-corrected chi connectivity index (χ1v) is 11.0. The number of likely N-dealkylation sites (N-methyl/N-ethyl adjacent to an activating group) is 1. The Morgan fingerprint density at radius 3 is 2.56 bits per heavy atom. The van der Waals surface area contributed by atoms with Gasteiger partial charge in [0.15, 0.2) is 23.9 Å². The summed E-state index contributed by atoms with van der Waals surface area (Å²) in [6.07, 6.45) is -3.21. The SMILES string of the molecule is CN1CC[C@]23c4c5ccc(O)c4O[C@H]2[C@@H](O)C=C[C@H]3[C@H]1C5.O=C[C@H](O)[C@@H](O)[C@H](O)[C@H](O)C(=O)O. The first kappa shape index (κ1) is 24.6. The highest BCUT2D eigenvalue weighted by Crippen LogP contribution is 2.62. The van der Waals surface area contributed by atoms with Crippen LogP contribution in [0, 0.1) is 5.92 Å². The number of carbonyl (C=O) groups excluding carboxylic acids is 1. The molecule has 2 bridgehead atoms. The minimum absolute atomic E-state index is 0.0809. The van der Waals surface area contributed by atoms with Gasteiger partial charge in [-0.25, -0.2) is 4.79 Å². The summed E-state index contributed by atoms with van der Waals surface area (Å²) in [6, 6.07) is 4.23. The van der Waals surface area contributed by atoms with Crippen molar-refractivity contribution in [3.8, 4) is 11.5 Å². The van der Waals surface area contributed by atoms with Gasteiger partial charge in [0.2, 0.25) is 0 Å². The quantitative estimate of drug-likeness (QED) is 0.181. The summed E-state index contributed by atoms with van der Waals surface area (Å²) in [6.45, 7) is 1.01. The molecule has 186 valence electrons. The summed E-state index contributed by atoms with van der Waals surface area (Å²) in [5.74, 6) is -0.570. The second-order valence-corrected chi connectivity index (χ2v) is 9.32. The number of hydrogen-bond acceptors (Lipinski definition) is 10. The summed E-state index contributed by atoms with van der Waals surface area (Å²) >= 11 is 0. The topological polar surface area (TPSA) is 188 Å². The lowest BCUT2D eigenvalue weighted by Gasteiger charge is -2.56. The largest absolute Gasteiger partial charge is 0.504 e. The van der Waals surface area contributed by atoms with Gasteiger partial charge in [0, 0.05) is 22.9 Å². The van der Waals surface area contributed by atoms with E-state index in [1.807, 2.05) is 12.1 Å². The number of ether oxygens (including phenoxy) is 1. The molecule has 1 saturated heterocycles. The summed E-state index contributed by atoms with van der Waals surface area (Å²) in [5.41, 5.74) is 2.29. The van der Waals surface area contributed by atoms with Gasteiger partial charge in [0.05, 0.1) is 0 Å². The van der Waals surface area contributed by atoms with E-state index in [1.165, 1.54) is 11.1 Å². The number of carboxylic acid groups (broad SMARTS) is 1. The van der Waals surface area contributed by atoms with E-state index in [0.717, 1.165) is 19.4 Å². The van der Waals surface area contributed by atoms with Crippen LogP contribution in [-0.4, -0.2) is 109 Å². The van der Waals surface area contributed by atoms with Crippen molar-refractivity contribution in [2.45, 2.75) is 60.9 Å². The average Bonchev–Trinajstić information content (AvgIpc) is 3.18. The molecular weight excluding hydrogens is 450 g/mol. The van der Waals surface area contributed by atoms with Gasteiger partial charge in [-0.1, -0.05) is 18.2 Å². The fourth-order valence-electron chi connectivity index (χ4n) is 5.85. The number of piperidine rings is 1. The molecule has 0 saturated carbocycles. The van der Waals surface area contributed by atoms with Gasteiger partial charge in [-0.05, 0) is 38.1 Å². The Morgan fingerprint density at radius 2 is 1.91 bits per heavy atom. The highest BCUT2D eigenvalue weighted by atomic mass is 16.5. The van der Waals surface area contributed by atoms with Gasteiger partial charge < -0.3 is 50.2 Å². The number of phenols is 1. The van der Waals surface area contributed by atoms with Crippen LogP contribution in [-0.2, 0) is 21.4 Å². The number of aldehydes is 1. The molecule has 2 heterocycles. The maximum absolute atomic E-state index is 10.4. The van der Waals surface area contributed by atoms with Crippen LogP contribution in [0.1, 0.15) is 17.5 Å². The molecule has 1 spiro atoms. The Hall–Kier alpha value is -2.54. The fraction of sp³-hybridized carbons (Fsp3) is 0.565. The Morgan fingerprint density at radius 1 is 1.21 bits per heavy atom. The van der Waals surface area contributed by atoms with E-state index in [1.54, 1.807) is 6.07 Å². The zero-order valence-corrected chi connectivity index (χ0v) is 18.4. The molecule has 1 fully saturated rings. The number of carboxylic acids is 1. The third kappa shape index (κ3) is 3.60. The normalized spacial score (nSPS) is 33.9. The molecule has 9 atom stereocenters. The van der Waals surface area contributed by atoms with Crippen LogP contribution in [0.2, 0.25) is 0 Å². The van der Waals surface area contributed by atoms with Crippen molar-refractivity contribution in [3.63, 3.8) is 0 Å². The molecule has 7 N–H and O–H groups in total. The van der Waals surface area contributed by atoms with Crippen molar-refractivity contribution < 1.29 is 50.1 Å². The molecule has 4 aliphatic rings. The lowest BCUT2D eigenvalue weighted by atomic mass is 9.53. The molecule has 2 aliphatic carbocycles. The van der Waals surface area contributed by atoms with Crippen LogP contribution < -0.4 is 4.74 Å². The van der Waals surface area contributed by atoms with E-state index in [2.05, 4.69) is 18.0 Å². The Labute approximate surface area is 195 Å². The van der Waals surface area contributed by atoms with E-state index in [0.29, 0.717) is 17.7 Å². The molecule has 1 aromatic carbocycles. The summed E-state index contributed by atoms with van der Waals surface area (Å²) < 4.78 is 6.09. The first-order chi connectivity index (χ1) is 16.0. The van der Waals surface area contributed by atoms with Crippen LogP contribution in [0.15, 0.2) is 24.3 Å². The predicted molar refractivity (Wildman–Crippen MR) is 115 cm³/mol. The number of aliphatic hydroxyl groups excluding tert-OH is 5. The molecule has 0 amide bonds. The molecule has 11 nitrogen and oxygen atoms in total. The van der Waals surface area contributed by atoms with Crippen LogP contribution in [0.3, 0.4) is 0 Å². The minimum Gasteiger partial charge on any atom is -0.504 e. The number of rotatable bonds is 5. The van der Waals surface area contributed by atoms with E-state index in [9.17, 15) is 19.8 Å². The van der Waals surface area contributed by atoms with Gasteiger partial charge >= 0.3 is 5.97 Å². The van der Waals surface area contributed by atoms with E-state index in [-0.39, 0.29) is 23.6 Å². The minimum atomic E-state index is -2.25. The molecule has 0 unspecified atom stereocenters. The number of likely N-dealkylation sites (tertiary alicyclic amines) is 1. The third-order valence-electron chi connectivity index (χ3n) is 7.57.